The van der Waals surface area contributed by atoms with Gasteiger partial charge in [0.15, 0.2) is 0 Å². The summed E-state index contributed by atoms with van der Waals surface area (Å²) < 4.78 is 5.03. The second-order valence-electron chi connectivity index (χ2n) is 26.7. The maximum Gasteiger partial charge on any atom is 0.0710 e. The van der Waals surface area contributed by atoms with Crippen molar-refractivity contribution in [3.8, 4) is 56.4 Å². The van der Waals surface area contributed by atoms with Gasteiger partial charge in [-0.1, -0.05) is 144 Å². The van der Waals surface area contributed by atoms with E-state index in [-0.39, 0.29) is 21.7 Å². The maximum atomic E-state index is 4.17. The summed E-state index contributed by atoms with van der Waals surface area (Å²) in [5, 5.41) is 9.70. The number of benzene rings is 8. The standard InChI is InChI=1S/C72H66N6/c1-69(2,3)39-31-49-45-23-24-46-50-32-41(71(7,8)9)37-55-59-29-30-60(78(59)44-21-17-14-18-22-44)56-38-42(72(10,11)12)34-52-48-26-25-47-51-33-40(70(4,5)6)36-54(62(51)75-67(47)68(48)76-64(52)56)58-28-27-57(77(58)43-19-15-13-16-20-43)53(35-39)61(49)73-65(45)66(46)74-63(50)55/h13-38,73-76H,1-12H3. The molecule has 1 aliphatic heterocycles. The Kier molecular flexibility index (Phi) is 9.36. The fourth-order valence-corrected chi connectivity index (χ4v) is 13.0. The maximum absolute atomic E-state index is 4.17. The molecule has 6 heteroatoms. The van der Waals surface area contributed by atoms with Crippen LogP contribution in [0.3, 0.4) is 0 Å². The van der Waals surface area contributed by atoms with Gasteiger partial charge in [0.2, 0.25) is 0 Å². The van der Waals surface area contributed by atoms with Gasteiger partial charge in [0.1, 0.15) is 0 Å². The zero-order valence-corrected chi connectivity index (χ0v) is 46.9. The summed E-state index contributed by atoms with van der Waals surface area (Å²) in [6.07, 6.45) is 0. The van der Waals surface area contributed by atoms with E-state index in [9.17, 15) is 0 Å². The number of aromatic nitrogens is 6. The predicted molar refractivity (Wildman–Crippen MR) is 333 cm³/mol. The molecule has 6 aromatic heterocycles. The second-order valence-corrected chi connectivity index (χ2v) is 26.7. The lowest BCUT2D eigenvalue weighted by Crippen LogP contribution is -2.12. The van der Waals surface area contributed by atoms with Crippen molar-refractivity contribution in [1.29, 1.82) is 0 Å². The Morgan fingerprint density at radius 2 is 0.474 bits per heavy atom. The highest BCUT2D eigenvalue weighted by molar-refractivity contribution is 6.26. The first-order valence-corrected chi connectivity index (χ1v) is 27.9. The highest BCUT2D eigenvalue weighted by atomic mass is 15.0. The second kappa shape index (κ2) is 15.6. The Hall–Kier alpha value is -8.48. The van der Waals surface area contributed by atoms with Crippen molar-refractivity contribution >= 4 is 87.2 Å². The minimum absolute atomic E-state index is 0.126. The first kappa shape index (κ1) is 46.8. The number of H-pyrrole nitrogens is 4. The quantitative estimate of drug-likeness (QED) is 0.133. The molecule has 0 atom stereocenters. The van der Waals surface area contributed by atoms with Crippen LogP contribution in [0.25, 0.3) is 144 Å². The van der Waals surface area contributed by atoms with Crippen molar-refractivity contribution < 1.29 is 0 Å². The van der Waals surface area contributed by atoms with Crippen molar-refractivity contribution in [2.24, 2.45) is 0 Å². The van der Waals surface area contributed by atoms with Gasteiger partial charge in [-0.05, 0) is 141 Å². The number of fused-ring (bicyclic) bond motifs is 8. The zero-order chi connectivity index (χ0) is 53.7. The van der Waals surface area contributed by atoms with Crippen molar-refractivity contribution in [2.45, 2.75) is 105 Å². The van der Waals surface area contributed by atoms with E-state index in [1.807, 2.05) is 0 Å². The van der Waals surface area contributed by atoms with E-state index in [2.05, 4.69) is 270 Å². The van der Waals surface area contributed by atoms with Gasteiger partial charge in [-0.25, -0.2) is 0 Å². The normalized spacial score (nSPS) is 13.4. The van der Waals surface area contributed by atoms with Gasteiger partial charge in [-0.3, -0.25) is 0 Å². The third-order valence-electron chi connectivity index (χ3n) is 17.5. The minimum atomic E-state index is -0.126. The van der Waals surface area contributed by atoms with Crippen molar-refractivity contribution in [3.05, 3.63) is 180 Å². The monoisotopic (exact) mass is 1010 g/mol. The molecule has 0 unspecified atom stereocenters. The number of aromatic amines is 4. The van der Waals surface area contributed by atoms with E-state index in [4.69, 9.17) is 0 Å². The summed E-state index contributed by atoms with van der Waals surface area (Å²) in [6, 6.07) is 60.5. The number of nitrogens with zero attached hydrogens (tertiary/aromatic N) is 2. The molecule has 8 aromatic carbocycles. The molecule has 14 aromatic rings. The summed E-state index contributed by atoms with van der Waals surface area (Å²) in [6.45, 7) is 28.1. The van der Waals surface area contributed by atoms with E-state index in [0.29, 0.717) is 0 Å². The van der Waals surface area contributed by atoms with Gasteiger partial charge in [-0.15, -0.1) is 0 Å². The molecule has 4 N–H and O–H groups in total. The van der Waals surface area contributed by atoms with Crippen LogP contribution >= 0.6 is 0 Å². The Morgan fingerprint density at radius 3 is 0.692 bits per heavy atom. The first-order valence-electron chi connectivity index (χ1n) is 27.9. The molecule has 0 spiro atoms. The molecule has 0 aliphatic carbocycles. The van der Waals surface area contributed by atoms with Crippen LogP contribution in [0.2, 0.25) is 0 Å². The third kappa shape index (κ3) is 6.68. The van der Waals surface area contributed by atoms with Crippen molar-refractivity contribution in [2.75, 3.05) is 0 Å². The Morgan fingerprint density at radius 1 is 0.244 bits per heavy atom. The minimum Gasteiger partial charge on any atom is -0.352 e. The van der Waals surface area contributed by atoms with Crippen LogP contribution in [0.1, 0.15) is 105 Å². The number of hydrogen-bond donors (Lipinski definition) is 4. The lowest BCUT2D eigenvalue weighted by Gasteiger charge is -2.23. The van der Waals surface area contributed by atoms with Crippen LogP contribution in [0, 0.1) is 0 Å². The molecule has 0 fully saturated rings. The van der Waals surface area contributed by atoms with E-state index in [1.54, 1.807) is 0 Å². The van der Waals surface area contributed by atoms with Crippen LogP contribution in [0.4, 0.5) is 0 Å². The first-order chi connectivity index (χ1) is 37.2. The molecule has 6 nitrogen and oxygen atoms in total. The lowest BCUT2D eigenvalue weighted by atomic mass is 9.84. The molecule has 15 rings (SSSR count). The summed E-state index contributed by atoms with van der Waals surface area (Å²) >= 11 is 0. The van der Waals surface area contributed by atoms with Crippen LogP contribution < -0.4 is 0 Å². The number of rotatable bonds is 2. The molecule has 0 radical (unpaired) electrons. The topological polar surface area (TPSA) is 73.0 Å². The van der Waals surface area contributed by atoms with Gasteiger partial charge in [0.05, 0.1) is 66.9 Å². The molecule has 0 saturated carbocycles. The molecule has 1 aliphatic rings. The van der Waals surface area contributed by atoms with E-state index in [1.165, 1.54) is 87.6 Å². The molecule has 0 saturated heterocycles. The van der Waals surface area contributed by atoms with Crippen LogP contribution in [-0.2, 0) is 21.7 Å². The SMILES string of the molecule is CC(C)(C)c1cc2c3[nH]c4c(ccc5c6cc(C(C)(C)C)cc(c6[nH]c54)-c4ccc(n4-c4ccccc4)-c4cc(C(C)(C)C)cc5c4[nH]c4c5ccc5c6cc(C(C)(C)C)cc(c6[nH]c54)-c4ccc-2n4-c2ccccc2)c3c1. The molecule has 78 heavy (non-hydrogen) atoms. The number of nitrogens with one attached hydrogen (secondary N) is 4. The summed E-state index contributed by atoms with van der Waals surface area (Å²) in [5.41, 5.74) is 25.0. The highest BCUT2D eigenvalue weighted by Crippen LogP contribution is 2.49. The molecule has 24 bridgehead atoms. The third-order valence-corrected chi connectivity index (χ3v) is 17.5. The van der Waals surface area contributed by atoms with Crippen molar-refractivity contribution in [3.63, 3.8) is 0 Å². The largest absolute Gasteiger partial charge is 0.352 e. The van der Waals surface area contributed by atoms with Crippen LogP contribution in [0.5, 0.6) is 0 Å². The summed E-state index contributed by atoms with van der Waals surface area (Å²) in [4.78, 5) is 16.7. The summed E-state index contributed by atoms with van der Waals surface area (Å²) in [7, 11) is 0. The Balaban J connectivity index is 1.18. The average molecular weight is 1020 g/mol. The van der Waals surface area contributed by atoms with Gasteiger partial charge < -0.3 is 29.1 Å². The lowest BCUT2D eigenvalue weighted by molar-refractivity contribution is 0.591. The number of hydrogen-bond acceptors (Lipinski definition) is 0. The predicted octanol–water partition coefficient (Wildman–Crippen LogP) is 20.0. The van der Waals surface area contributed by atoms with Crippen LogP contribution in [0.15, 0.2) is 158 Å². The van der Waals surface area contributed by atoms with Crippen LogP contribution in [-0.4, -0.2) is 29.1 Å². The molecular formula is C72H66N6. The fraction of sp³-hybridized carbons (Fsp3) is 0.222. The smallest absolute Gasteiger partial charge is 0.0710 e. The highest BCUT2D eigenvalue weighted by Gasteiger charge is 2.30. The van der Waals surface area contributed by atoms with E-state index in [0.717, 1.165) is 78.3 Å². The fourth-order valence-electron chi connectivity index (χ4n) is 13.0. The van der Waals surface area contributed by atoms with Gasteiger partial charge in [0, 0.05) is 76.7 Å². The molecular weight excluding hydrogens is 949 g/mol. The van der Waals surface area contributed by atoms with Gasteiger partial charge in [0.25, 0.3) is 0 Å². The van der Waals surface area contributed by atoms with E-state index < -0.39 is 0 Å². The average Bonchev–Trinajstić information content (AvgIpc) is 4.20. The zero-order valence-electron chi connectivity index (χ0n) is 46.9. The van der Waals surface area contributed by atoms with Gasteiger partial charge >= 0.3 is 0 Å². The Labute approximate surface area is 455 Å². The van der Waals surface area contributed by atoms with Crippen molar-refractivity contribution in [1.82, 2.24) is 29.1 Å². The Bertz CT molecular complexity index is 4280. The molecule has 7 heterocycles. The summed E-state index contributed by atoms with van der Waals surface area (Å²) in [5.74, 6) is 0. The van der Waals surface area contributed by atoms with Gasteiger partial charge in [-0.2, -0.15) is 0 Å². The van der Waals surface area contributed by atoms with E-state index >= 15 is 0 Å². The molecule has 384 valence electrons. The molecule has 0 amide bonds. The number of para-hydroxylation sites is 2.